The maximum atomic E-state index is 13.3. The number of imidazole rings is 1. The van der Waals surface area contributed by atoms with Gasteiger partial charge in [0.15, 0.2) is 5.82 Å². The summed E-state index contributed by atoms with van der Waals surface area (Å²) in [5.41, 5.74) is -0.296. The fourth-order valence-electron chi connectivity index (χ4n) is 4.01. The first-order chi connectivity index (χ1) is 20.7. The lowest BCUT2D eigenvalue weighted by Gasteiger charge is -2.29. The van der Waals surface area contributed by atoms with Gasteiger partial charge in [0.2, 0.25) is 11.8 Å². The molecule has 0 bridgehead atoms. The minimum Gasteiger partial charge on any atom is -0.444 e. The van der Waals surface area contributed by atoms with Crippen LogP contribution in [-0.2, 0) is 37.0 Å². The second kappa shape index (κ2) is 15.1. The highest BCUT2D eigenvalue weighted by atomic mass is 16.6. The molecule has 1 heterocycles. The summed E-state index contributed by atoms with van der Waals surface area (Å²) >= 11 is 0. The molecular formula is C32H42N6O6. The Morgan fingerprint density at radius 1 is 0.909 bits per heavy atom. The lowest BCUT2D eigenvalue weighted by atomic mass is 10.0. The fourth-order valence-corrected chi connectivity index (χ4v) is 4.01. The first kappa shape index (κ1) is 33.8. The molecule has 0 aliphatic rings. The number of benzene rings is 2. The van der Waals surface area contributed by atoms with Crippen molar-refractivity contribution >= 4 is 29.6 Å². The molecule has 44 heavy (non-hydrogen) atoms. The van der Waals surface area contributed by atoms with E-state index in [-0.39, 0.29) is 37.5 Å². The van der Waals surface area contributed by atoms with Gasteiger partial charge in [-0.2, -0.15) is 0 Å². The predicted octanol–water partition coefficient (Wildman–Crippen LogP) is 3.70. The Balaban J connectivity index is 1.63. The van der Waals surface area contributed by atoms with Crippen LogP contribution < -0.4 is 21.3 Å². The molecule has 4 N–H and O–H groups in total. The average molecular weight is 607 g/mol. The summed E-state index contributed by atoms with van der Waals surface area (Å²) in [5.74, 6) is -1.25. The first-order valence-electron chi connectivity index (χ1n) is 14.3. The number of nitrogens with zero attached hydrogens (tertiary/aromatic N) is 2. The Hall–Kier alpha value is -4.71. The van der Waals surface area contributed by atoms with Crippen LogP contribution in [0.3, 0.4) is 0 Å². The quantitative estimate of drug-likeness (QED) is 0.231. The summed E-state index contributed by atoms with van der Waals surface area (Å²) in [7, 11) is 0. The third-order valence-electron chi connectivity index (χ3n) is 6.29. The van der Waals surface area contributed by atoms with E-state index < -0.39 is 35.1 Å². The maximum Gasteiger partial charge on any atom is 0.408 e. The zero-order valence-electron chi connectivity index (χ0n) is 26.0. The van der Waals surface area contributed by atoms with Crippen LogP contribution in [0.4, 0.5) is 10.6 Å². The zero-order chi connectivity index (χ0) is 32.3. The molecule has 2 atom stereocenters. The van der Waals surface area contributed by atoms with Gasteiger partial charge in [-0.15, -0.1) is 0 Å². The van der Waals surface area contributed by atoms with Crippen LogP contribution in [0.25, 0.3) is 0 Å². The van der Waals surface area contributed by atoms with Crippen molar-refractivity contribution in [3.05, 3.63) is 84.3 Å². The smallest absolute Gasteiger partial charge is 0.408 e. The molecule has 0 radical (unpaired) electrons. The number of carbonyl (C=O) groups is 4. The molecule has 0 aliphatic heterocycles. The maximum absolute atomic E-state index is 13.3. The van der Waals surface area contributed by atoms with E-state index in [9.17, 15) is 19.2 Å². The molecule has 0 saturated carbocycles. The van der Waals surface area contributed by atoms with Gasteiger partial charge in [0.1, 0.15) is 23.7 Å². The molecule has 236 valence electrons. The number of ether oxygens (including phenoxy) is 2. The van der Waals surface area contributed by atoms with Gasteiger partial charge in [0.25, 0.3) is 5.91 Å². The molecule has 12 nitrogen and oxygen atoms in total. The van der Waals surface area contributed by atoms with Gasteiger partial charge in [0.05, 0.1) is 25.6 Å². The number of hydrogen-bond donors (Lipinski definition) is 4. The minimum atomic E-state index is -1.41. The number of rotatable bonds is 13. The van der Waals surface area contributed by atoms with Crippen molar-refractivity contribution in [3.63, 3.8) is 0 Å². The van der Waals surface area contributed by atoms with Gasteiger partial charge in [-0.05, 0) is 52.7 Å². The summed E-state index contributed by atoms with van der Waals surface area (Å²) < 4.78 is 12.6. The summed E-state index contributed by atoms with van der Waals surface area (Å²) in [6, 6.07) is 17.7. The fraction of sp³-hybridized carbons (Fsp3) is 0.406. The number of anilines is 1. The summed E-state index contributed by atoms with van der Waals surface area (Å²) in [4.78, 5) is 55.6. The monoisotopic (exact) mass is 606 g/mol. The van der Waals surface area contributed by atoms with Crippen molar-refractivity contribution in [1.82, 2.24) is 25.5 Å². The topological polar surface area (TPSA) is 153 Å². The number of alkyl carbamates (subject to hydrolysis) is 1. The van der Waals surface area contributed by atoms with Crippen LogP contribution in [0.5, 0.6) is 0 Å². The molecule has 0 unspecified atom stereocenters. The van der Waals surface area contributed by atoms with Crippen LogP contribution in [0, 0.1) is 0 Å². The zero-order valence-corrected chi connectivity index (χ0v) is 26.0. The highest BCUT2D eigenvalue weighted by Crippen LogP contribution is 2.13. The van der Waals surface area contributed by atoms with Crippen LogP contribution >= 0.6 is 0 Å². The van der Waals surface area contributed by atoms with Crippen LogP contribution in [0.2, 0.25) is 0 Å². The van der Waals surface area contributed by atoms with E-state index in [0.29, 0.717) is 0 Å². The molecule has 4 amide bonds. The van der Waals surface area contributed by atoms with Crippen LogP contribution in [0.1, 0.15) is 58.7 Å². The molecule has 12 heteroatoms. The Morgan fingerprint density at radius 2 is 1.55 bits per heavy atom. The Bertz CT molecular complexity index is 1400. The SMILES string of the molecule is C[C@H](NC(=O)Cn1cnc(NC(=O)[C@@H](COCc2ccccc2)NC(=O)C(C)(C)NC(=O)OC(C)(C)C)c1)c1ccccc1. The van der Waals surface area contributed by atoms with E-state index in [4.69, 9.17) is 9.47 Å². The van der Waals surface area contributed by atoms with Crippen molar-refractivity contribution < 1.29 is 28.7 Å². The normalized spacial score (nSPS) is 12.9. The number of hydrogen-bond acceptors (Lipinski definition) is 7. The molecule has 0 spiro atoms. The van der Waals surface area contributed by atoms with E-state index in [1.54, 1.807) is 20.8 Å². The number of nitrogens with one attached hydrogen (secondary N) is 4. The van der Waals surface area contributed by atoms with E-state index in [1.807, 2.05) is 67.6 Å². The van der Waals surface area contributed by atoms with Gasteiger partial charge in [-0.1, -0.05) is 60.7 Å². The van der Waals surface area contributed by atoms with Crippen molar-refractivity contribution in [2.45, 2.75) is 77.9 Å². The van der Waals surface area contributed by atoms with Gasteiger partial charge < -0.3 is 35.3 Å². The molecule has 2 aromatic carbocycles. The van der Waals surface area contributed by atoms with Crippen molar-refractivity contribution in [1.29, 1.82) is 0 Å². The number of carbonyl (C=O) groups excluding carboxylic acids is 4. The van der Waals surface area contributed by atoms with Gasteiger partial charge in [0, 0.05) is 6.20 Å². The third-order valence-corrected chi connectivity index (χ3v) is 6.29. The lowest BCUT2D eigenvalue weighted by Crippen LogP contribution is -2.59. The van der Waals surface area contributed by atoms with Crippen LogP contribution in [-0.4, -0.2) is 57.2 Å². The first-order valence-corrected chi connectivity index (χ1v) is 14.3. The Morgan fingerprint density at radius 3 is 2.18 bits per heavy atom. The second-order valence-corrected chi connectivity index (χ2v) is 11.9. The van der Waals surface area contributed by atoms with E-state index in [1.165, 1.54) is 30.9 Å². The van der Waals surface area contributed by atoms with Crippen LogP contribution in [0.15, 0.2) is 73.2 Å². The van der Waals surface area contributed by atoms with Gasteiger partial charge in [-0.3, -0.25) is 14.4 Å². The molecule has 3 rings (SSSR count). The largest absolute Gasteiger partial charge is 0.444 e. The van der Waals surface area contributed by atoms with Crippen molar-refractivity contribution in [3.8, 4) is 0 Å². The number of aromatic nitrogens is 2. The molecule has 0 saturated heterocycles. The van der Waals surface area contributed by atoms with Crippen molar-refractivity contribution in [2.24, 2.45) is 0 Å². The molecule has 1 aromatic heterocycles. The highest BCUT2D eigenvalue weighted by Gasteiger charge is 2.34. The predicted molar refractivity (Wildman–Crippen MR) is 165 cm³/mol. The summed E-state index contributed by atoms with van der Waals surface area (Å²) in [5, 5.41) is 10.8. The van der Waals surface area contributed by atoms with E-state index in [0.717, 1.165) is 11.1 Å². The average Bonchev–Trinajstić information content (AvgIpc) is 3.38. The molecule has 0 aliphatic carbocycles. The summed E-state index contributed by atoms with van der Waals surface area (Å²) in [6.45, 7) is 10.1. The minimum absolute atomic E-state index is 0.00901. The Labute approximate surface area is 257 Å². The second-order valence-electron chi connectivity index (χ2n) is 11.9. The van der Waals surface area contributed by atoms with Gasteiger partial charge in [-0.25, -0.2) is 9.78 Å². The standard InChI is InChI=1S/C32H42N6O6/c1-22(24-15-11-8-12-16-24)34-27(39)18-38-17-26(33-21-38)36-28(40)25(20-43-19-23-13-9-7-10-14-23)35-29(41)32(5,6)37-30(42)44-31(2,3)4/h7-17,21-22,25H,18-20H2,1-6H3,(H,34,39)(H,35,41)(H,36,40)(H,37,42)/t22-,25+/m0/s1. The summed E-state index contributed by atoms with van der Waals surface area (Å²) in [6.07, 6.45) is 2.17. The molecule has 0 fully saturated rings. The molecular weight excluding hydrogens is 564 g/mol. The van der Waals surface area contributed by atoms with Crippen molar-refractivity contribution in [2.75, 3.05) is 11.9 Å². The van der Waals surface area contributed by atoms with E-state index in [2.05, 4.69) is 26.3 Å². The highest BCUT2D eigenvalue weighted by molar-refractivity contribution is 5.98. The number of amides is 4. The van der Waals surface area contributed by atoms with E-state index >= 15 is 0 Å². The molecule has 3 aromatic rings. The van der Waals surface area contributed by atoms with Gasteiger partial charge >= 0.3 is 6.09 Å². The Kier molecular flexibility index (Phi) is 11.6. The lowest BCUT2D eigenvalue weighted by molar-refractivity contribution is -0.131. The third kappa shape index (κ3) is 11.2.